The molecule has 0 saturated carbocycles. The Morgan fingerprint density at radius 3 is 2.76 bits per heavy atom. The van der Waals surface area contributed by atoms with Crippen molar-refractivity contribution in [1.82, 2.24) is 15.0 Å². The van der Waals surface area contributed by atoms with Gasteiger partial charge in [-0.2, -0.15) is 0 Å². The number of nitrogens with zero attached hydrogens (tertiary/aromatic N) is 3. The van der Waals surface area contributed by atoms with Crippen LogP contribution in [0, 0.1) is 11.8 Å². The third kappa shape index (κ3) is 2.18. The van der Waals surface area contributed by atoms with Gasteiger partial charge < -0.3 is 5.11 Å². The molecule has 17 heavy (non-hydrogen) atoms. The van der Waals surface area contributed by atoms with Crippen LogP contribution in [0.3, 0.4) is 0 Å². The van der Waals surface area contributed by atoms with E-state index in [1.807, 2.05) is 4.68 Å². The summed E-state index contributed by atoms with van der Waals surface area (Å²) < 4.78 is 1.91. The Bertz CT molecular complexity index is 425. The number of aromatic nitrogens is 3. The van der Waals surface area contributed by atoms with Crippen LogP contribution in [-0.4, -0.2) is 26.1 Å². The third-order valence-electron chi connectivity index (χ3n) is 3.74. The molecule has 0 bridgehead atoms. The van der Waals surface area contributed by atoms with E-state index in [9.17, 15) is 4.79 Å². The van der Waals surface area contributed by atoms with Gasteiger partial charge in [-0.1, -0.05) is 19.1 Å². The summed E-state index contributed by atoms with van der Waals surface area (Å²) in [6, 6.07) is 0.263. The Kier molecular flexibility index (Phi) is 3.17. The highest BCUT2D eigenvalue weighted by atomic mass is 16.4. The van der Waals surface area contributed by atoms with Gasteiger partial charge in [0, 0.05) is 6.42 Å². The van der Waals surface area contributed by atoms with Gasteiger partial charge in [0.1, 0.15) is 0 Å². The van der Waals surface area contributed by atoms with E-state index >= 15 is 0 Å². The molecule has 0 radical (unpaired) electrons. The van der Waals surface area contributed by atoms with Gasteiger partial charge in [0.2, 0.25) is 0 Å². The van der Waals surface area contributed by atoms with Gasteiger partial charge in [-0.05, 0) is 25.7 Å². The zero-order chi connectivity index (χ0) is 12.6. The second-order valence-electron chi connectivity index (χ2n) is 5.19. The number of aliphatic carboxylic acids is 1. The van der Waals surface area contributed by atoms with E-state index in [1.54, 1.807) is 0 Å². The molecule has 5 nitrogen and oxygen atoms in total. The van der Waals surface area contributed by atoms with E-state index < -0.39 is 5.97 Å². The first kappa shape index (κ1) is 12.1. The van der Waals surface area contributed by atoms with Crippen LogP contribution in [0.5, 0.6) is 0 Å². The highest BCUT2D eigenvalue weighted by Gasteiger charge is 2.29. The molecule has 0 aromatic carbocycles. The van der Waals surface area contributed by atoms with Crippen molar-refractivity contribution in [3.05, 3.63) is 11.4 Å². The largest absolute Gasteiger partial charge is 0.481 e. The predicted octanol–water partition coefficient (Wildman–Crippen LogP) is 1.68. The van der Waals surface area contributed by atoms with Crippen molar-refractivity contribution in [2.75, 3.05) is 0 Å². The zero-order valence-electron chi connectivity index (χ0n) is 10.6. The lowest BCUT2D eigenvalue weighted by Gasteiger charge is -2.22. The van der Waals surface area contributed by atoms with E-state index in [1.165, 1.54) is 0 Å². The topological polar surface area (TPSA) is 68.0 Å². The lowest BCUT2D eigenvalue weighted by atomic mass is 9.89. The fourth-order valence-corrected chi connectivity index (χ4v) is 2.22. The molecule has 0 amide bonds. The second-order valence-corrected chi connectivity index (χ2v) is 5.19. The lowest BCUT2D eigenvalue weighted by molar-refractivity contribution is -0.142. The van der Waals surface area contributed by atoms with Crippen molar-refractivity contribution < 1.29 is 9.90 Å². The van der Waals surface area contributed by atoms with Crippen molar-refractivity contribution in [3.63, 3.8) is 0 Å². The van der Waals surface area contributed by atoms with Crippen LogP contribution >= 0.6 is 0 Å². The number of carbonyl (C=O) groups is 1. The molecule has 0 saturated heterocycles. The molecule has 1 aromatic heterocycles. The van der Waals surface area contributed by atoms with Crippen LogP contribution in [0.4, 0.5) is 0 Å². The first-order valence-electron chi connectivity index (χ1n) is 6.16. The van der Waals surface area contributed by atoms with Crippen molar-refractivity contribution in [3.8, 4) is 0 Å². The maximum absolute atomic E-state index is 11.1. The maximum Gasteiger partial charge on any atom is 0.306 e. The number of hydrogen-bond acceptors (Lipinski definition) is 3. The molecule has 0 aliphatic heterocycles. The van der Waals surface area contributed by atoms with E-state index in [0.29, 0.717) is 18.8 Å². The van der Waals surface area contributed by atoms with Gasteiger partial charge >= 0.3 is 5.97 Å². The minimum Gasteiger partial charge on any atom is -0.481 e. The molecular weight excluding hydrogens is 218 g/mol. The fraction of sp³-hybridized carbons (Fsp3) is 0.750. The van der Waals surface area contributed by atoms with E-state index in [4.69, 9.17) is 5.11 Å². The predicted molar refractivity (Wildman–Crippen MR) is 62.7 cm³/mol. The monoisotopic (exact) mass is 237 g/mol. The maximum atomic E-state index is 11.1. The van der Waals surface area contributed by atoms with Crippen LogP contribution in [0.25, 0.3) is 0 Å². The first-order chi connectivity index (χ1) is 8.00. The average Bonchev–Trinajstić information content (AvgIpc) is 2.70. The molecule has 1 aromatic rings. The minimum atomic E-state index is -0.708. The zero-order valence-corrected chi connectivity index (χ0v) is 10.6. The Labute approximate surface area is 101 Å². The van der Waals surface area contributed by atoms with Gasteiger partial charge in [-0.25, -0.2) is 4.68 Å². The quantitative estimate of drug-likeness (QED) is 0.868. The van der Waals surface area contributed by atoms with Crippen molar-refractivity contribution in [1.29, 1.82) is 0 Å². The van der Waals surface area contributed by atoms with Gasteiger partial charge in [0.15, 0.2) is 0 Å². The van der Waals surface area contributed by atoms with Gasteiger partial charge in [0.05, 0.1) is 23.3 Å². The Balaban J connectivity index is 2.28. The van der Waals surface area contributed by atoms with Crippen LogP contribution in [0.1, 0.15) is 44.6 Å². The molecule has 1 N–H and O–H groups in total. The second kappa shape index (κ2) is 4.47. The van der Waals surface area contributed by atoms with Gasteiger partial charge in [-0.3, -0.25) is 4.79 Å². The summed E-state index contributed by atoms with van der Waals surface area (Å²) in [4.78, 5) is 11.1. The van der Waals surface area contributed by atoms with Crippen LogP contribution < -0.4 is 0 Å². The average molecular weight is 237 g/mol. The number of carboxylic acid groups (broad SMARTS) is 1. The fourth-order valence-electron chi connectivity index (χ4n) is 2.22. The molecule has 5 heteroatoms. The third-order valence-corrected chi connectivity index (χ3v) is 3.74. The summed E-state index contributed by atoms with van der Waals surface area (Å²) in [6.45, 7) is 6.37. The molecular formula is C12H19N3O2. The molecule has 1 heterocycles. The molecule has 2 atom stereocenters. The first-order valence-corrected chi connectivity index (χ1v) is 6.16. The highest BCUT2D eigenvalue weighted by Crippen LogP contribution is 2.27. The van der Waals surface area contributed by atoms with Crippen LogP contribution in [0.15, 0.2) is 0 Å². The van der Waals surface area contributed by atoms with E-state index in [-0.39, 0.29) is 12.0 Å². The summed E-state index contributed by atoms with van der Waals surface area (Å²) in [5.74, 6) is -0.522. The molecule has 94 valence electrons. The number of rotatable bonds is 3. The molecule has 2 rings (SSSR count). The molecule has 1 aliphatic carbocycles. The smallest absolute Gasteiger partial charge is 0.306 e. The number of hydrogen-bond donors (Lipinski definition) is 1. The van der Waals surface area contributed by atoms with Crippen molar-refractivity contribution >= 4 is 5.97 Å². The van der Waals surface area contributed by atoms with Gasteiger partial charge in [0.25, 0.3) is 0 Å². The molecule has 0 spiro atoms. The Hall–Kier alpha value is -1.39. The highest BCUT2D eigenvalue weighted by molar-refractivity contribution is 5.70. The van der Waals surface area contributed by atoms with Gasteiger partial charge in [-0.15, -0.1) is 5.10 Å². The van der Waals surface area contributed by atoms with Crippen molar-refractivity contribution in [2.24, 2.45) is 11.8 Å². The van der Waals surface area contributed by atoms with Crippen LogP contribution in [-0.2, 0) is 17.6 Å². The number of aryl methyl sites for hydroxylation is 1. The summed E-state index contributed by atoms with van der Waals surface area (Å²) >= 11 is 0. The van der Waals surface area contributed by atoms with Crippen LogP contribution in [0.2, 0.25) is 0 Å². The summed E-state index contributed by atoms with van der Waals surface area (Å²) in [5, 5.41) is 17.5. The normalized spacial score (nSPS) is 21.3. The number of fused-ring (bicyclic) bond motifs is 1. The van der Waals surface area contributed by atoms with E-state index in [2.05, 4.69) is 31.1 Å². The standard InChI is InChI=1S/C12H19N3O2/c1-7(2)8(3)15-11-6-9(12(16)17)4-5-10(11)13-14-15/h7-9H,4-6H2,1-3H3,(H,16,17). The summed E-state index contributed by atoms with van der Waals surface area (Å²) in [6.07, 6.45) is 1.98. The summed E-state index contributed by atoms with van der Waals surface area (Å²) in [7, 11) is 0. The Morgan fingerprint density at radius 2 is 2.18 bits per heavy atom. The Morgan fingerprint density at radius 1 is 1.47 bits per heavy atom. The number of carboxylic acids is 1. The van der Waals surface area contributed by atoms with Crippen molar-refractivity contribution in [2.45, 2.75) is 46.1 Å². The SMILES string of the molecule is CC(C)C(C)n1nnc2c1CC(C(=O)O)CC2. The molecule has 1 aliphatic rings. The molecule has 2 unspecified atom stereocenters. The lowest BCUT2D eigenvalue weighted by Crippen LogP contribution is -2.25. The minimum absolute atomic E-state index is 0.263. The van der Waals surface area contributed by atoms with E-state index in [0.717, 1.165) is 17.8 Å². The summed E-state index contributed by atoms with van der Waals surface area (Å²) in [5.41, 5.74) is 2.00. The molecule has 0 fully saturated rings.